The second-order valence-electron chi connectivity index (χ2n) is 6.39. The van der Waals surface area contributed by atoms with Crippen LogP contribution < -0.4 is 5.32 Å². The molecule has 0 saturated carbocycles. The molecule has 0 unspecified atom stereocenters. The van der Waals surface area contributed by atoms with Crippen molar-refractivity contribution in [3.63, 3.8) is 0 Å². The Morgan fingerprint density at radius 1 is 1.39 bits per heavy atom. The van der Waals surface area contributed by atoms with Crippen LogP contribution in [-0.4, -0.2) is 32.1 Å². The molecule has 0 radical (unpaired) electrons. The van der Waals surface area contributed by atoms with Gasteiger partial charge in [-0.25, -0.2) is 24.0 Å². The zero-order chi connectivity index (χ0) is 19.7. The molecule has 0 fully saturated rings. The van der Waals surface area contributed by atoms with Crippen LogP contribution in [0.3, 0.4) is 0 Å². The maximum atomic E-state index is 13.5. The van der Waals surface area contributed by atoms with Gasteiger partial charge in [0.15, 0.2) is 11.5 Å². The van der Waals surface area contributed by atoms with Crippen molar-refractivity contribution in [2.24, 2.45) is 0 Å². The minimum absolute atomic E-state index is 0.134. The number of halogens is 1. The Morgan fingerprint density at radius 2 is 2.18 bits per heavy atom. The van der Waals surface area contributed by atoms with Gasteiger partial charge in [-0.2, -0.15) is 0 Å². The molecule has 4 rings (SSSR count). The monoisotopic (exact) mass is 378 g/mol. The van der Waals surface area contributed by atoms with Gasteiger partial charge in [0.05, 0.1) is 13.1 Å². The van der Waals surface area contributed by atoms with E-state index in [9.17, 15) is 9.18 Å². The van der Waals surface area contributed by atoms with E-state index in [2.05, 4.69) is 25.3 Å². The van der Waals surface area contributed by atoms with Crippen molar-refractivity contribution >= 4 is 17.4 Å². The number of aromatic nitrogens is 3. The molecule has 0 spiro atoms. The number of hydrogen-bond donors (Lipinski definition) is 1. The summed E-state index contributed by atoms with van der Waals surface area (Å²) in [5, 5.41) is 6.80. The van der Waals surface area contributed by atoms with Crippen LogP contribution in [0.5, 0.6) is 0 Å². The molecule has 9 heteroatoms. The zero-order valence-corrected chi connectivity index (χ0v) is 14.9. The number of nitrogens with one attached hydrogen (secondary N) is 1. The predicted octanol–water partition coefficient (Wildman–Crippen LogP) is 3.80. The van der Waals surface area contributed by atoms with Gasteiger partial charge in [0.1, 0.15) is 11.6 Å². The van der Waals surface area contributed by atoms with E-state index < -0.39 is 5.82 Å². The highest BCUT2D eigenvalue weighted by atomic mass is 19.1. The summed E-state index contributed by atoms with van der Waals surface area (Å²) in [6, 6.07) is 5.10. The molecule has 0 aliphatic carbocycles. The lowest BCUT2D eigenvalue weighted by Crippen LogP contribution is -2.44. The average molecular weight is 378 g/mol. The van der Waals surface area contributed by atoms with E-state index in [1.54, 1.807) is 23.4 Å². The number of hydrogen-bond acceptors (Lipinski definition) is 5. The van der Waals surface area contributed by atoms with E-state index in [1.807, 2.05) is 6.92 Å². The molecule has 8 nitrogen and oxygen atoms in total. The summed E-state index contributed by atoms with van der Waals surface area (Å²) in [5.74, 6) is 0.514. The van der Waals surface area contributed by atoms with E-state index in [0.29, 0.717) is 29.4 Å². The van der Waals surface area contributed by atoms with Crippen molar-refractivity contribution in [2.75, 3.05) is 5.32 Å². The number of rotatable bonds is 2. The van der Waals surface area contributed by atoms with Crippen LogP contribution in [0.25, 0.3) is 16.4 Å². The lowest BCUT2D eigenvalue weighted by Gasteiger charge is -2.32. The topological polar surface area (TPSA) is 88.5 Å². The Bertz CT molecular complexity index is 1080. The number of carbonyl (C=O) groups excluding carboxylic acids is 1. The van der Waals surface area contributed by atoms with Crippen LogP contribution in [-0.2, 0) is 13.0 Å². The normalized spacial score (nSPS) is 15.6. The van der Waals surface area contributed by atoms with Gasteiger partial charge in [-0.1, -0.05) is 5.16 Å². The molecule has 2 aromatic heterocycles. The first-order chi connectivity index (χ1) is 13.6. The molecular formula is C19H15FN6O2. The first kappa shape index (κ1) is 17.6. The Hall–Kier alpha value is -3.80. The SMILES string of the molecule is [C-]#[N+]c1cc(NC(=O)N2Cc3c(-c4ncccn4)noc3C[C@@H]2C)ccc1F. The molecule has 3 aromatic rings. The van der Waals surface area contributed by atoms with Gasteiger partial charge in [-0.3, -0.25) is 0 Å². The smallest absolute Gasteiger partial charge is 0.322 e. The minimum Gasteiger partial charge on any atom is -0.360 e. The summed E-state index contributed by atoms with van der Waals surface area (Å²) in [5.41, 5.74) is 1.49. The number of amides is 2. The Balaban J connectivity index is 1.58. The maximum Gasteiger partial charge on any atom is 0.322 e. The first-order valence-electron chi connectivity index (χ1n) is 8.56. The van der Waals surface area contributed by atoms with Crippen LogP contribution in [0.15, 0.2) is 41.2 Å². The fourth-order valence-corrected chi connectivity index (χ4v) is 3.11. The van der Waals surface area contributed by atoms with Crippen LogP contribution in [0, 0.1) is 12.4 Å². The van der Waals surface area contributed by atoms with Gasteiger partial charge in [-0.05, 0) is 31.2 Å². The van der Waals surface area contributed by atoms with Crippen molar-refractivity contribution < 1.29 is 13.7 Å². The lowest BCUT2D eigenvalue weighted by atomic mass is 10.0. The largest absolute Gasteiger partial charge is 0.360 e. The summed E-state index contributed by atoms with van der Waals surface area (Å²) in [7, 11) is 0. The van der Waals surface area contributed by atoms with Crippen LogP contribution in [0.4, 0.5) is 20.6 Å². The Kier molecular flexibility index (Phi) is 4.45. The van der Waals surface area contributed by atoms with Crippen LogP contribution in [0.2, 0.25) is 0 Å². The molecule has 1 N–H and O–H groups in total. The summed E-state index contributed by atoms with van der Waals surface area (Å²) >= 11 is 0. The van der Waals surface area contributed by atoms with Gasteiger partial charge in [0.25, 0.3) is 0 Å². The molecule has 1 aromatic carbocycles. The molecule has 0 saturated heterocycles. The van der Waals surface area contributed by atoms with Gasteiger partial charge in [0, 0.05) is 36.1 Å². The highest BCUT2D eigenvalue weighted by molar-refractivity contribution is 5.90. The molecule has 1 atom stereocenters. The fourth-order valence-electron chi connectivity index (χ4n) is 3.11. The third-order valence-corrected chi connectivity index (χ3v) is 4.57. The quantitative estimate of drug-likeness (QED) is 0.685. The van der Waals surface area contributed by atoms with E-state index in [4.69, 9.17) is 11.1 Å². The average Bonchev–Trinajstić information content (AvgIpc) is 3.12. The molecule has 0 bridgehead atoms. The standard InChI is InChI=1S/C19H15FN6O2/c1-11-8-16-13(17(25-28-16)18-22-6-3-7-23-18)10-26(11)19(27)24-12-4-5-14(20)15(9-12)21-2/h3-7,9,11H,8,10H2,1H3,(H,24,27)/t11-/m0/s1. The minimum atomic E-state index is -0.624. The van der Waals surface area contributed by atoms with E-state index in [-0.39, 0.29) is 24.3 Å². The van der Waals surface area contributed by atoms with Gasteiger partial charge in [-0.15, -0.1) is 0 Å². The second kappa shape index (κ2) is 7.08. The molecular weight excluding hydrogens is 363 g/mol. The van der Waals surface area contributed by atoms with Gasteiger partial charge >= 0.3 is 6.03 Å². The first-order valence-corrected chi connectivity index (χ1v) is 8.56. The molecule has 140 valence electrons. The van der Waals surface area contributed by atoms with Crippen molar-refractivity contribution in [2.45, 2.75) is 25.9 Å². The summed E-state index contributed by atoms with van der Waals surface area (Å²) in [4.78, 5) is 25.9. The maximum absolute atomic E-state index is 13.5. The molecule has 1 aliphatic heterocycles. The molecule has 2 amide bonds. The lowest BCUT2D eigenvalue weighted by molar-refractivity contribution is 0.176. The Morgan fingerprint density at radius 3 is 2.93 bits per heavy atom. The van der Waals surface area contributed by atoms with Crippen LogP contribution in [0.1, 0.15) is 18.2 Å². The number of nitrogens with zero attached hydrogens (tertiary/aromatic N) is 5. The molecule has 3 heterocycles. The summed E-state index contributed by atoms with van der Waals surface area (Å²) in [6.45, 7) is 9.17. The zero-order valence-electron chi connectivity index (χ0n) is 14.9. The number of urea groups is 1. The third-order valence-electron chi connectivity index (χ3n) is 4.57. The fraction of sp³-hybridized carbons (Fsp3) is 0.211. The third kappa shape index (κ3) is 3.16. The predicted molar refractivity (Wildman–Crippen MR) is 97.9 cm³/mol. The number of anilines is 1. The van der Waals surface area contributed by atoms with Crippen molar-refractivity contribution in [3.8, 4) is 11.5 Å². The highest BCUT2D eigenvalue weighted by Gasteiger charge is 2.33. The van der Waals surface area contributed by atoms with Crippen molar-refractivity contribution in [1.29, 1.82) is 0 Å². The number of carbonyl (C=O) groups is 1. The summed E-state index contributed by atoms with van der Waals surface area (Å²) in [6.07, 6.45) is 3.73. The van der Waals surface area contributed by atoms with Crippen molar-refractivity contribution in [1.82, 2.24) is 20.0 Å². The van der Waals surface area contributed by atoms with E-state index in [0.717, 1.165) is 11.6 Å². The van der Waals surface area contributed by atoms with Gasteiger partial charge in [0.2, 0.25) is 5.69 Å². The molecule has 1 aliphatic rings. The highest BCUT2D eigenvalue weighted by Crippen LogP contribution is 2.31. The Labute approximate surface area is 159 Å². The summed E-state index contributed by atoms with van der Waals surface area (Å²) < 4.78 is 18.9. The van der Waals surface area contributed by atoms with Crippen LogP contribution >= 0.6 is 0 Å². The van der Waals surface area contributed by atoms with Crippen molar-refractivity contribution in [3.05, 3.63) is 65.2 Å². The van der Waals surface area contributed by atoms with E-state index in [1.165, 1.54) is 12.1 Å². The second-order valence-corrected chi connectivity index (χ2v) is 6.39. The number of fused-ring (bicyclic) bond motifs is 1. The molecule has 28 heavy (non-hydrogen) atoms. The number of benzene rings is 1. The van der Waals surface area contributed by atoms with Gasteiger partial charge < -0.3 is 14.7 Å². The van der Waals surface area contributed by atoms with E-state index >= 15 is 0 Å².